The quantitative estimate of drug-likeness (QED) is 0.615. The summed E-state index contributed by atoms with van der Waals surface area (Å²) in [6.07, 6.45) is 2.16. The highest BCUT2D eigenvalue weighted by Gasteiger charge is 2.24. The van der Waals surface area contributed by atoms with Gasteiger partial charge in [0.15, 0.2) is 11.5 Å². The second-order valence-corrected chi connectivity index (χ2v) is 7.14. The lowest BCUT2D eigenvalue weighted by molar-refractivity contribution is -0.131. The van der Waals surface area contributed by atoms with Crippen LogP contribution >= 0.6 is 0 Å². The predicted octanol–water partition coefficient (Wildman–Crippen LogP) is 3.00. The summed E-state index contributed by atoms with van der Waals surface area (Å²) in [6.45, 7) is 2.35. The molecule has 0 bridgehead atoms. The van der Waals surface area contributed by atoms with Crippen molar-refractivity contribution in [2.45, 2.75) is 11.8 Å². The van der Waals surface area contributed by atoms with E-state index in [9.17, 15) is 13.2 Å². The molecule has 0 amide bonds. The molecule has 9 heteroatoms. The molecule has 0 saturated carbocycles. The second-order valence-electron chi connectivity index (χ2n) is 5.49. The van der Waals surface area contributed by atoms with Gasteiger partial charge in [0.25, 0.3) is 10.0 Å². The van der Waals surface area contributed by atoms with Crippen LogP contribution in [-0.4, -0.2) is 40.3 Å². The number of carbonyl (C=O) groups is 1. The van der Waals surface area contributed by atoms with E-state index in [-0.39, 0.29) is 16.4 Å². The maximum absolute atomic E-state index is 12.9. The van der Waals surface area contributed by atoms with Crippen LogP contribution < -0.4 is 18.9 Å². The van der Waals surface area contributed by atoms with E-state index in [1.165, 1.54) is 32.4 Å². The summed E-state index contributed by atoms with van der Waals surface area (Å²) in [5.74, 6) is -0.382. The summed E-state index contributed by atoms with van der Waals surface area (Å²) in [6, 6.07) is 9.21. The Bertz CT molecular complexity index is 967. The lowest BCUT2D eigenvalue weighted by Crippen LogP contribution is -2.15. The van der Waals surface area contributed by atoms with Gasteiger partial charge in [-0.3, -0.25) is 4.72 Å². The van der Waals surface area contributed by atoms with E-state index in [2.05, 4.69) is 4.72 Å². The maximum Gasteiger partial charge on any atom is 0.328 e. The average Bonchev–Trinajstić information content (AvgIpc) is 2.67. The summed E-state index contributed by atoms with van der Waals surface area (Å²) in [4.78, 5) is 10.6. The van der Waals surface area contributed by atoms with Crippen LogP contribution in [0.1, 0.15) is 12.5 Å². The van der Waals surface area contributed by atoms with Gasteiger partial charge in [-0.15, -0.1) is 0 Å². The molecule has 0 aliphatic heterocycles. The van der Waals surface area contributed by atoms with E-state index in [1.54, 1.807) is 24.3 Å². The Morgan fingerprint density at radius 3 is 2.36 bits per heavy atom. The monoisotopic (exact) mass is 407 g/mol. The van der Waals surface area contributed by atoms with E-state index in [0.717, 1.165) is 6.08 Å². The van der Waals surface area contributed by atoms with Gasteiger partial charge >= 0.3 is 5.97 Å². The molecule has 0 radical (unpaired) electrons. The Morgan fingerprint density at radius 1 is 1.14 bits per heavy atom. The number of hydrogen-bond acceptors (Lipinski definition) is 6. The van der Waals surface area contributed by atoms with Gasteiger partial charge in [-0.1, -0.05) is 0 Å². The molecule has 0 saturated heterocycles. The number of aliphatic carboxylic acids is 1. The first-order chi connectivity index (χ1) is 13.3. The molecule has 0 heterocycles. The molecule has 0 aromatic heterocycles. The SMILES string of the molecule is CCOc1ccc(NS(=O)(=O)c2cc(/C=C/C(=O)O)cc(OC)c2OC)cc1. The Kier molecular flexibility index (Phi) is 6.89. The Balaban J connectivity index is 2.46. The van der Waals surface area contributed by atoms with E-state index < -0.39 is 16.0 Å². The standard InChI is InChI=1S/C19H21NO7S/c1-4-27-15-8-6-14(7-9-15)20-28(23,24)17-12-13(5-10-18(21)22)11-16(25-2)19(17)26-3/h5-12,20H,4H2,1-3H3,(H,21,22)/b10-5+. The van der Waals surface area contributed by atoms with E-state index in [4.69, 9.17) is 19.3 Å². The number of anilines is 1. The topological polar surface area (TPSA) is 111 Å². The van der Waals surface area contributed by atoms with Gasteiger partial charge in [0.2, 0.25) is 0 Å². The van der Waals surface area contributed by atoms with Gasteiger partial charge in [0, 0.05) is 11.8 Å². The van der Waals surface area contributed by atoms with E-state index in [0.29, 0.717) is 23.6 Å². The fourth-order valence-corrected chi connectivity index (χ4v) is 3.68. The summed E-state index contributed by atoms with van der Waals surface area (Å²) in [7, 11) is -1.37. The van der Waals surface area contributed by atoms with Gasteiger partial charge in [0.1, 0.15) is 10.6 Å². The van der Waals surface area contributed by atoms with Crippen LogP contribution in [0.2, 0.25) is 0 Å². The van der Waals surface area contributed by atoms with Crippen molar-refractivity contribution in [2.75, 3.05) is 25.5 Å². The van der Waals surface area contributed by atoms with Gasteiger partial charge < -0.3 is 19.3 Å². The normalized spacial score (nSPS) is 11.2. The van der Waals surface area contributed by atoms with Crippen LogP contribution in [0.25, 0.3) is 6.08 Å². The highest BCUT2D eigenvalue weighted by molar-refractivity contribution is 7.92. The zero-order valence-electron chi connectivity index (χ0n) is 15.6. The molecule has 0 aliphatic rings. The molecule has 0 aliphatic carbocycles. The number of rotatable bonds is 9. The summed E-state index contributed by atoms with van der Waals surface area (Å²) < 4.78 is 44.1. The first-order valence-corrected chi connectivity index (χ1v) is 9.71. The molecule has 2 rings (SSSR count). The molecule has 0 spiro atoms. The molecule has 150 valence electrons. The molecule has 0 unspecified atom stereocenters. The molecule has 0 fully saturated rings. The van der Waals surface area contributed by atoms with Crippen molar-refractivity contribution in [1.82, 2.24) is 0 Å². The van der Waals surface area contributed by atoms with Gasteiger partial charge in [-0.2, -0.15) is 0 Å². The highest BCUT2D eigenvalue weighted by Crippen LogP contribution is 2.37. The van der Waals surface area contributed by atoms with Crippen LogP contribution in [0.15, 0.2) is 47.4 Å². The van der Waals surface area contributed by atoms with Gasteiger partial charge in [0.05, 0.1) is 20.8 Å². The fourth-order valence-electron chi connectivity index (χ4n) is 2.41. The average molecular weight is 407 g/mol. The first kappa shape index (κ1) is 21.1. The Hall–Kier alpha value is -3.20. The number of carboxylic acids is 1. The molecular weight excluding hydrogens is 386 g/mol. The predicted molar refractivity (Wildman–Crippen MR) is 105 cm³/mol. The van der Waals surface area contributed by atoms with Crippen molar-refractivity contribution < 1.29 is 32.5 Å². The van der Waals surface area contributed by atoms with Crippen molar-refractivity contribution in [3.63, 3.8) is 0 Å². The second kappa shape index (κ2) is 9.14. The third-order valence-electron chi connectivity index (χ3n) is 3.59. The van der Waals surface area contributed by atoms with Crippen molar-refractivity contribution in [1.29, 1.82) is 0 Å². The number of sulfonamides is 1. The minimum atomic E-state index is -4.05. The maximum atomic E-state index is 12.9. The van der Waals surface area contributed by atoms with Crippen LogP contribution in [0.5, 0.6) is 17.2 Å². The van der Waals surface area contributed by atoms with Crippen LogP contribution in [0, 0.1) is 0 Å². The van der Waals surface area contributed by atoms with Crippen LogP contribution in [0.3, 0.4) is 0 Å². The molecular formula is C19H21NO7S. The van der Waals surface area contributed by atoms with E-state index in [1.807, 2.05) is 6.92 Å². The largest absolute Gasteiger partial charge is 0.494 e. The molecule has 28 heavy (non-hydrogen) atoms. The summed E-state index contributed by atoms with van der Waals surface area (Å²) in [5, 5.41) is 8.80. The number of nitrogens with one attached hydrogen (secondary N) is 1. The molecule has 8 nitrogen and oxygen atoms in total. The Labute approximate surface area is 163 Å². The minimum absolute atomic E-state index is 0.00779. The third kappa shape index (κ3) is 5.17. The van der Waals surface area contributed by atoms with Crippen molar-refractivity contribution in [3.05, 3.63) is 48.0 Å². The van der Waals surface area contributed by atoms with Gasteiger partial charge in [-0.25, -0.2) is 13.2 Å². The molecule has 0 atom stereocenters. The number of benzene rings is 2. The minimum Gasteiger partial charge on any atom is -0.494 e. The zero-order chi connectivity index (χ0) is 20.7. The molecule has 2 aromatic carbocycles. The fraction of sp³-hybridized carbons (Fsp3) is 0.211. The van der Waals surface area contributed by atoms with Crippen molar-refractivity contribution >= 4 is 27.8 Å². The van der Waals surface area contributed by atoms with Crippen molar-refractivity contribution in [2.24, 2.45) is 0 Å². The summed E-state index contributed by atoms with van der Waals surface area (Å²) >= 11 is 0. The lowest BCUT2D eigenvalue weighted by atomic mass is 10.2. The lowest BCUT2D eigenvalue weighted by Gasteiger charge is -2.15. The molecule has 2 aromatic rings. The highest BCUT2D eigenvalue weighted by atomic mass is 32.2. The number of methoxy groups -OCH3 is 2. The molecule has 2 N–H and O–H groups in total. The van der Waals surface area contributed by atoms with Gasteiger partial charge in [-0.05, 0) is 55.0 Å². The number of hydrogen-bond donors (Lipinski definition) is 2. The number of carboxylic acid groups (broad SMARTS) is 1. The van der Waals surface area contributed by atoms with Crippen LogP contribution in [0.4, 0.5) is 5.69 Å². The number of ether oxygens (including phenoxy) is 3. The first-order valence-electron chi connectivity index (χ1n) is 8.23. The third-order valence-corrected chi connectivity index (χ3v) is 4.98. The van der Waals surface area contributed by atoms with E-state index >= 15 is 0 Å². The smallest absolute Gasteiger partial charge is 0.328 e. The Morgan fingerprint density at radius 2 is 1.82 bits per heavy atom. The van der Waals surface area contributed by atoms with Crippen LogP contribution in [-0.2, 0) is 14.8 Å². The zero-order valence-corrected chi connectivity index (χ0v) is 16.4. The van der Waals surface area contributed by atoms with Crippen molar-refractivity contribution in [3.8, 4) is 17.2 Å². The summed E-state index contributed by atoms with van der Waals surface area (Å²) in [5.41, 5.74) is 0.656.